The molecule has 0 amide bonds. The Hall–Kier alpha value is -1.72. The summed E-state index contributed by atoms with van der Waals surface area (Å²) in [5, 5.41) is 0. The lowest BCUT2D eigenvalue weighted by Gasteiger charge is -2.13. The molecule has 0 spiro atoms. The second-order valence-corrected chi connectivity index (χ2v) is 2.90. The van der Waals surface area contributed by atoms with Crippen molar-refractivity contribution in [1.29, 1.82) is 0 Å². The molecule has 0 N–H and O–H groups in total. The Labute approximate surface area is 89.8 Å². The molecule has 0 fully saturated rings. The highest BCUT2D eigenvalue weighted by Gasteiger charge is 2.32. The molecular weight excluding hydrogens is 225 g/mol. The van der Waals surface area contributed by atoms with Crippen LogP contribution in [0.2, 0.25) is 0 Å². The molecule has 0 saturated heterocycles. The van der Waals surface area contributed by atoms with E-state index in [0.717, 1.165) is 6.07 Å². The van der Waals surface area contributed by atoms with Gasteiger partial charge < -0.3 is 14.3 Å². The second kappa shape index (κ2) is 4.87. The molecule has 6 heteroatoms. The molecular formula is C10H9F3O3. The number of ether oxygens (including phenoxy) is 2. The van der Waals surface area contributed by atoms with Crippen LogP contribution in [-0.4, -0.2) is 19.8 Å². The van der Waals surface area contributed by atoms with Crippen molar-refractivity contribution >= 4 is 6.29 Å². The van der Waals surface area contributed by atoms with Gasteiger partial charge in [0.2, 0.25) is 0 Å². The fourth-order valence-electron chi connectivity index (χ4n) is 1.15. The smallest absolute Gasteiger partial charge is 0.493 e. The van der Waals surface area contributed by atoms with Gasteiger partial charge in [0.1, 0.15) is 6.29 Å². The third-order valence-electron chi connectivity index (χ3n) is 1.77. The number of aldehydes is 1. The van der Waals surface area contributed by atoms with Crippen LogP contribution in [0.4, 0.5) is 13.2 Å². The topological polar surface area (TPSA) is 35.5 Å². The first-order valence-electron chi connectivity index (χ1n) is 4.32. The van der Waals surface area contributed by atoms with Gasteiger partial charge in [0.05, 0.1) is 7.11 Å². The summed E-state index contributed by atoms with van der Waals surface area (Å²) >= 11 is 0. The zero-order valence-electron chi connectivity index (χ0n) is 8.38. The van der Waals surface area contributed by atoms with Gasteiger partial charge in [0.15, 0.2) is 11.5 Å². The molecule has 0 aliphatic carbocycles. The minimum atomic E-state index is -4.78. The summed E-state index contributed by atoms with van der Waals surface area (Å²) in [6, 6.07) is 3.94. The summed E-state index contributed by atoms with van der Waals surface area (Å²) in [5.41, 5.74) is 0.426. The lowest BCUT2D eigenvalue weighted by molar-refractivity contribution is -0.275. The molecule has 0 radical (unpaired) electrons. The van der Waals surface area contributed by atoms with Crippen molar-refractivity contribution in [2.75, 3.05) is 7.11 Å². The summed E-state index contributed by atoms with van der Waals surface area (Å²) in [4.78, 5) is 10.2. The van der Waals surface area contributed by atoms with E-state index in [-0.39, 0.29) is 12.2 Å². The number of carbonyl (C=O) groups is 1. The SMILES string of the molecule is COc1ccc(CC=O)cc1OC(F)(F)F. The Bertz CT molecular complexity index is 374. The van der Waals surface area contributed by atoms with Crippen molar-refractivity contribution < 1.29 is 27.4 Å². The van der Waals surface area contributed by atoms with Crippen LogP contribution in [0.1, 0.15) is 5.56 Å². The summed E-state index contributed by atoms with van der Waals surface area (Å²) < 4.78 is 44.6. The van der Waals surface area contributed by atoms with Crippen molar-refractivity contribution in [2.45, 2.75) is 12.8 Å². The summed E-state index contributed by atoms with van der Waals surface area (Å²) in [7, 11) is 1.23. The zero-order chi connectivity index (χ0) is 12.2. The largest absolute Gasteiger partial charge is 0.573 e. The number of carbonyl (C=O) groups excluding carboxylic acids is 1. The fraction of sp³-hybridized carbons (Fsp3) is 0.300. The molecule has 1 aromatic carbocycles. The van der Waals surface area contributed by atoms with Crippen LogP contribution in [0, 0.1) is 0 Å². The van der Waals surface area contributed by atoms with Gasteiger partial charge in [0, 0.05) is 6.42 Å². The van der Waals surface area contributed by atoms with Crippen LogP contribution in [0.15, 0.2) is 18.2 Å². The molecule has 0 aromatic heterocycles. The van der Waals surface area contributed by atoms with E-state index in [9.17, 15) is 18.0 Å². The quantitative estimate of drug-likeness (QED) is 0.750. The normalized spacial score (nSPS) is 11.0. The van der Waals surface area contributed by atoms with Gasteiger partial charge in [-0.15, -0.1) is 13.2 Å². The number of halogens is 3. The number of hydrogen-bond acceptors (Lipinski definition) is 3. The number of hydrogen-bond donors (Lipinski definition) is 0. The highest BCUT2D eigenvalue weighted by atomic mass is 19.4. The van der Waals surface area contributed by atoms with Crippen molar-refractivity contribution in [3.8, 4) is 11.5 Å². The van der Waals surface area contributed by atoms with E-state index in [4.69, 9.17) is 4.74 Å². The molecule has 0 bridgehead atoms. The summed E-state index contributed by atoms with van der Waals surface area (Å²) in [5.74, 6) is -0.485. The van der Waals surface area contributed by atoms with Gasteiger partial charge in [-0.1, -0.05) is 6.07 Å². The molecule has 3 nitrogen and oxygen atoms in total. The third kappa shape index (κ3) is 3.45. The Kier molecular flexibility index (Phi) is 3.76. The minimum Gasteiger partial charge on any atom is -0.493 e. The van der Waals surface area contributed by atoms with E-state index < -0.39 is 12.1 Å². The molecule has 0 atom stereocenters. The molecule has 1 aromatic rings. The summed E-state index contributed by atoms with van der Waals surface area (Å²) in [6.07, 6.45) is -4.16. The van der Waals surface area contributed by atoms with Crippen LogP contribution >= 0.6 is 0 Å². The maximum Gasteiger partial charge on any atom is 0.573 e. The van der Waals surface area contributed by atoms with Crippen molar-refractivity contribution in [3.05, 3.63) is 23.8 Å². The van der Waals surface area contributed by atoms with E-state index in [2.05, 4.69) is 4.74 Å². The van der Waals surface area contributed by atoms with Gasteiger partial charge in [-0.3, -0.25) is 0 Å². The first-order chi connectivity index (χ1) is 7.46. The van der Waals surface area contributed by atoms with Gasteiger partial charge in [-0.25, -0.2) is 0 Å². The molecule has 0 heterocycles. The Balaban J connectivity index is 3.01. The van der Waals surface area contributed by atoms with E-state index in [0.29, 0.717) is 11.8 Å². The predicted octanol–water partition coefficient (Wildman–Crippen LogP) is 2.34. The number of benzene rings is 1. The van der Waals surface area contributed by atoms with E-state index in [1.165, 1.54) is 19.2 Å². The maximum atomic E-state index is 12.0. The summed E-state index contributed by atoms with van der Waals surface area (Å²) in [6.45, 7) is 0. The first kappa shape index (κ1) is 12.4. The maximum absolute atomic E-state index is 12.0. The van der Waals surface area contributed by atoms with Crippen LogP contribution in [0.5, 0.6) is 11.5 Å². The van der Waals surface area contributed by atoms with Crippen LogP contribution in [0.3, 0.4) is 0 Å². The Morgan fingerprint density at radius 2 is 2.00 bits per heavy atom. The average Bonchev–Trinajstić information content (AvgIpc) is 2.16. The van der Waals surface area contributed by atoms with Gasteiger partial charge in [0.25, 0.3) is 0 Å². The van der Waals surface area contributed by atoms with Crippen LogP contribution < -0.4 is 9.47 Å². The Morgan fingerprint density at radius 1 is 1.31 bits per heavy atom. The molecule has 0 saturated carbocycles. The van der Waals surface area contributed by atoms with Gasteiger partial charge >= 0.3 is 6.36 Å². The van der Waals surface area contributed by atoms with Crippen molar-refractivity contribution in [2.24, 2.45) is 0 Å². The van der Waals surface area contributed by atoms with Crippen molar-refractivity contribution in [3.63, 3.8) is 0 Å². The predicted molar refractivity (Wildman–Crippen MR) is 49.4 cm³/mol. The van der Waals surface area contributed by atoms with Crippen LogP contribution in [-0.2, 0) is 11.2 Å². The molecule has 0 aliphatic rings. The molecule has 0 aliphatic heterocycles. The van der Waals surface area contributed by atoms with E-state index in [1.807, 2.05) is 0 Å². The highest BCUT2D eigenvalue weighted by molar-refractivity contribution is 5.56. The fourth-order valence-corrected chi connectivity index (χ4v) is 1.15. The van der Waals surface area contributed by atoms with Crippen LogP contribution in [0.25, 0.3) is 0 Å². The first-order valence-corrected chi connectivity index (χ1v) is 4.32. The molecule has 1 rings (SSSR count). The minimum absolute atomic E-state index is 0.0260. The van der Waals surface area contributed by atoms with Gasteiger partial charge in [-0.2, -0.15) is 0 Å². The number of methoxy groups -OCH3 is 1. The molecule has 88 valence electrons. The third-order valence-corrected chi connectivity index (χ3v) is 1.77. The second-order valence-electron chi connectivity index (χ2n) is 2.90. The van der Waals surface area contributed by atoms with Gasteiger partial charge in [-0.05, 0) is 17.7 Å². The standard InChI is InChI=1S/C10H9F3O3/c1-15-8-3-2-7(4-5-14)6-9(8)16-10(11,12)13/h2-3,5-6H,4H2,1H3. The number of rotatable bonds is 4. The monoisotopic (exact) mass is 234 g/mol. The Morgan fingerprint density at radius 3 is 2.50 bits per heavy atom. The molecule has 0 unspecified atom stereocenters. The highest BCUT2D eigenvalue weighted by Crippen LogP contribution is 2.32. The van der Waals surface area contributed by atoms with Crippen molar-refractivity contribution in [1.82, 2.24) is 0 Å². The molecule has 16 heavy (non-hydrogen) atoms. The lowest BCUT2D eigenvalue weighted by Crippen LogP contribution is -2.17. The average molecular weight is 234 g/mol. The van der Waals surface area contributed by atoms with E-state index in [1.54, 1.807) is 0 Å². The van der Waals surface area contributed by atoms with E-state index >= 15 is 0 Å². The zero-order valence-corrected chi connectivity index (χ0v) is 8.38. The lowest BCUT2D eigenvalue weighted by atomic mass is 10.1. The number of alkyl halides is 3.